The molecule has 4 aliphatic rings. The molecule has 4 aliphatic carbocycles. The Morgan fingerprint density at radius 3 is 1.89 bits per heavy atom. The maximum atomic E-state index is 12.9. The third kappa shape index (κ3) is 8.34. The molecule has 0 radical (unpaired) electrons. The van der Waals surface area contributed by atoms with E-state index in [1.54, 1.807) is 0 Å². The molecule has 9 heteroatoms. The Labute approximate surface area is 282 Å². The molecular formula is C36H72O5Si4. The summed E-state index contributed by atoms with van der Waals surface area (Å²) in [5, 5.41) is 0. The van der Waals surface area contributed by atoms with Gasteiger partial charge in [0.25, 0.3) is 5.97 Å². The van der Waals surface area contributed by atoms with Crippen molar-refractivity contribution in [3.8, 4) is 0 Å². The van der Waals surface area contributed by atoms with Gasteiger partial charge in [-0.05, 0) is 177 Å². The molecule has 0 heterocycles. The summed E-state index contributed by atoms with van der Waals surface area (Å²) in [7, 11) is -7.13. The maximum Gasteiger partial charge on any atom is 0.292 e. The van der Waals surface area contributed by atoms with Crippen LogP contribution in [0.2, 0.25) is 78.6 Å². The lowest BCUT2D eigenvalue weighted by molar-refractivity contribution is -0.193. The van der Waals surface area contributed by atoms with Crippen molar-refractivity contribution >= 4 is 39.2 Å². The minimum absolute atomic E-state index is 0.0175. The summed E-state index contributed by atoms with van der Waals surface area (Å²) >= 11 is 0. The van der Waals surface area contributed by atoms with E-state index in [4.69, 9.17) is 17.7 Å². The van der Waals surface area contributed by atoms with Gasteiger partial charge in [-0.15, -0.1) is 0 Å². The summed E-state index contributed by atoms with van der Waals surface area (Å²) in [6, 6.07) is 0. The highest BCUT2D eigenvalue weighted by Crippen LogP contribution is 2.71. The molecule has 4 saturated carbocycles. The quantitative estimate of drug-likeness (QED) is 0.201. The Kier molecular flexibility index (Phi) is 10.8. The van der Waals surface area contributed by atoms with E-state index in [0.29, 0.717) is 53.6 Å². The van der Waals surface area contributed by atoms with Crippen molar-refractivity contribution < 1.29 is 22.5 Å². The molecule has 0 aliphatic heterocycles. The van der Waals surface area contributed by atoms with Crippen LogP contribution >= 0.6 is 0 Å². The largest absolute Gasteiger partial charge is 0.520 e. The van der Waals surface area contributed by atoms with E-state index in [9.17, 15) is 4.79 Å². The molecule has 10 atom stereocenters. The van der Waals surface area contributed by atoms with Crippen molar-refractivity contribution in [2.24, 2.45) is 40.4 Å². The van der Waals surface area contributed by atoms with Crippen molar-refractivity contribution in [3.63, 3.8) is 0 Å². The van der Waals surface area contributed by atoms with Crippen LogP contribution in [-0.4, -0.2) is 57.0 Å². The zero-order valence-corrected chi connectivity index (χ0v) is 36.2. The molecule has 0 aromatic rings. The molecule has 7 unspecified atom stereocenters. The Balaban J connectivity index is 1.68. The predicted octanol–water partition coefficient (Wildman–Crippen LogP) is 10.5. The first-order valence-electron chi connectivity index (χ1n) is 18.6. The second-order valence-electron chi connectivity index (χ2n) is 20.2. The summed E-state index contributed by atoms with van der Waals surface area (Å²) in [6.45, 7) is 35.3. The molecule has 0 aromatic carbocycles. The summed E-state index contributed by atoms with van der Waals surface area (Å²) in [4.78, 5) is 12.9. The first-order valence-corrected chi connectivity index (χ1v) is 32.2. The minimum Gasteiger partial charge on any atom is -0.520 e. The molecule has 4 fully saturated rings. The standard InChI is InChI=1S/C36H72O5Si4/c1-26(16-17-32(37)40-44(10,11)12)36(41-45(13,14)15)23-20-30-33-29(19-22-35(30,36)3)34(2)21-18-28(38-42(4,5)6)24-27(34)25-31(33)39-43(7,8)9/h26-31,33H,16-25H2,1-15H3/t26?,27?,28-,29?,30?,31-,33?,34?,35?,36+/m1/s1. The molecule has 5 nitrogen and oxygen atoms in total. The first kappa shape index (κ1) is 38.0. The van der Waals surface area contributed by atoms with Crippen molar-refractivity contribution in [2.75, 3.05) is 0 Å². The normalized spacial score (nSPS) is 39.9. The number of carbonyl (C=O) groups excluding carboxylic acids is 1. The second kappa shape index (κ2) is 12.8. The Bertz CT molecular complexity index is 1060. The van der Waals surface area contributed by atoms with Crippen LogP contribution in [0, 0.1) is 40.4 Å². The molecule has 0 saturated heterocycles. The van der Waals surface area contributed by atoms with Crippen LogP contribution < -0.4 is 0 Å². The van der Waals surface area contributed by atoms with Crippen molar-refractivity contribution in [1.29, 1.82) is 0 Å². The molecule has 0 N–H and O–H groups in total. The van der Waals surface area contributed by atoms with E-state index >= 15 is 0 Å². The molecule has 0 aromatic heterocycles. The highest BCUT2D eigenvalue weighted by molar-refractivity contribution is 6.71. The van der Waals surface area contributed by atoms with E-state index in [2.05, 4.69) is 99.3 Å². The molecule has 45 heavy (non-hydrogen) atoms. The van der Waals surface area contributed by atoms with Crippen molar-refractivity contribution in [2.45, 2.75) is 181 Å². The summed E-state index contributed by atoms with van der Waals surface area (Å²) < 4.78 is 27.5. The van der Waals surface area contributed by atoms with Gasteiger partial charge in [0.1, 0.15) is 0 Å². The van der Waals surface area contributed by atoms with Gasteiger partial charge in [-0.3, -0.25) is 4.79 Å². The van der Waals surface area contributed by atoms with Crippen LogP contribution in [0.3, 0.4) is 0 Å². The monoisotopic (exact) mass is 696 g/mol. The minimum atomic E-state index is -1.90. The van der Waals surface area contributed by atoms with E-state index < -0.39 is 33.3 Å². The fourth-order valence-corrected chi connectivity index (χ4v) is 15.8. The molecular weight excluding hydrogens is 625 g/mol. The molecule has 4 rings (SSSR count). The maximum absolute atomic E-state index is 12.9. The third-order valence-electron chi connectivity index (χ3n) is 12.3. The second-order valence-corrected chi connectivity index (χ2v) is 38.0. The van der Waals surface area contributed by atoms with E-state index in [1.807, 2.05) is 0 Å². The van der Waals surface area contributed by atoms with Gasteiger partial charge in [0, 0.05) is 18.6 Å². The smallest absolute Gasteiger partial charge is 0.292 e. The lowest BCUT2D eigenvalue weighted by atomic mass is 9.43. The van der Waals surface area contributed by atoms with E-state index in [0.717, 1.165) is 12.8 Å². The van der Waals surface area contributed by atoms with Gasteiger partial charge in [-0.2, -0.15) is 0 Å². The molecule has 0 bridgehead atoms. The highest BCUT2D eigenvalue weighted by atomic mass is 28.4. The number of hydrogen-bond donors (Lipinski definition) is 0. The van der Waals surface area contributed by atoms with Gasteiger partial charge in [-0.1, -0.05) is 20.8 Å². The summed E-state index contributed by atoms with van der Waals surface area (Å²) in [5.41, 5.74) is 0.248. The van der Waals surface area contributed by atoms with Crippen molar-refractivity contribution in [1.82, 2.24) is 0 Å². The summed E-state index contributed by atoms with van der Waals surface area (Å²) in [6.07, 6.45) is 11.8. The Hall–Kier alpha value is 0.218. The highest BCUT2D eigenvalue weighted by Gasteiger charge is 2.69. The topological polar surface area (TPSA) is 54.0 Å². The zero-order chi connectivity index (χ0) is 34.0. The SMILES string of the molecule is CC(CCC(=O)O[Si](C)(C)C)[C@@]1(O[Si](C)(C)C)CCC2C3C(CCC21C)C1(C)CC[C@@H](O[Si](C)(C)C)CC1C[C@H]3O[Si](C)(C)C. The molecule has 0 spiro atoms. The van der Waals surface area contributed by atoms with Gasteiger partial charge < -0.3 is 17.7 Å². The summed E-state index contributed by atoms with van der Waals surface area (Å²) in [5.74, 6) is 2.86. The number of rotatable bonds is 11. The lowest BCUT2D eigenvalue weighted by Crippen LogP contribution is -2.64. The molecule has 262 valence electrons. The van der Waals surface area contributed by atoms with Crippen molar-refractivity contribution in [3.05, 3.63) is 0 Å². The van der Waals surface area contributed by atoms with Gasteiger partial charge in [0.2, 0.25) is 8.32 Å². The number of carbonyl (C=O) groups is 1. The number of fused-ring (bicyclic) bond motifs is 5. The fraction of sp³-hybridized carbons (Fsp3) is 0.972. The fourth-order valence-electron chi connectivity index (χ4n) is 11.0. The van der Waals surface area contributed by atoms with Crippen LogP contribution in [0.15, 0.2) is 0 Å². The van der Waals surface area contributed by atoms with Crippen LogP contribution in [0.5, 0.6) is 0 Å². The van der Waals surface area contributed by atoms with Gasteiger partial charge in [0.05, 0.1) is 5.60 Å². The van der Waals surface area contributed by atoms with E-state index in [1.165, 1.54) is 44.9 Å². The van der Waals surface area contributed by atoms with Crippen LogP contribution in [0.4, 0.5) is 0 Å². The average molecular weight is 697 g/mol. The average Bonchev–Trinajstić information content (AvgIpc) is 3.12. The van der Waals surface area contributed by atoms with E-state index in [-0.39, 0.29) is 17.0 Å². The van der Waals surface area contributed by atoms with Gasteiger partial charge >= 0.3 is 0 Å². The zero-order valence-electron chi connectivity index (χ0n) is 32.2. The first-order chi connectivity index (χ1) is 20.3. The van der Waals surface area contributed by atoms with Crippen LogP contribution in [0.1, 0.15) is 85.0 Å². The number of hydrogen-bond acceptors (Lipinski definition) is 5. The predicted molar refractivity (Wildman–Crippen MR) is 199 cm³/mol. The van der Waals surface area contributed by atoms with Crippen LogP contribution in [0.25, 0.3) is 0 Å². The third-order valence-corrected chi connectivity index (χ3v) is 16.2. The lowest BCUT2D eigenvalue weighted by Gasteiger charge is -2.65. The van der Waals surface area contributed by atoms with Gasteiger partial charge in [0.15, 0.2) is 25.0 Å². The Morgan fingerprint density at radius 1 is 0.733 bits per heavy atom. The Morgan fingerprint density at radius 2 is 1.33 bits per heavy atom. The van der Waals surface area contributed by atoms with Crippen LogP contribution in [-0.2, 0) is 22.5 Å². The molecule has 0 amide bonds. The van der Waals surface area contributed by atoms with Gasteiger partial charge in [-0.25, -0.2) is 0 Å².